The van der Waals surface area contributed by atoms with Crippen LogP contribution in [0.15, 0.2) is 41.0 Å². The lowest BCUT2D eigenvalue weighted by Gasteiger charge is -2.09. The fourth-order valence-corrected chi connectivity index (χ4v) is 2.08. The van der Waals surface area contributed by atoms with Gasteiger partial charge in [0.2, 0.25) is 0 Å². The van der Waals surface area contributed by atoms with Gasteiger partial charge in [0.15, 0.2) is 11.3 Å². The van der Waals surface area contributed by atoms with Crippen LogP contribution < -0.4 is 4.74 Å². The minimum atomic E-state index is -0.409. The molecule has 0 atom stereocenters. The molecule has 4 heteroatoms. The summed E-state index contributed by atoms with van der Waals surface area (Å²) in [6.45, 7) is 1.34. The summed E-state index contributed by atoms with van der Waals surface area (Å²) in [4.78, 5) is 11.2. The normalized spacial score (nSPS) is 10.9. The van der Waals surface area contributed by atoms with Gasteiger partial charge in [-0.3, -0.25) is 4.79 Å². The fourth-order valence-electron chi connectivity index (χ4n) is 2.08. The maximum Gasteiger partial charge on any atom is 0.308 e. The van der Waals surface area contributed by atoms with Crippen molar-refractivity contribution in [3.8, 4) is 11.5 Å². The molecule has 0 aliphatic rings. The Labute approximate surface area is 102 Å². The summed E-state index contributed by atoms with van der Waals surface area (Å²) in [5.41, 5.74) is 0.324. The standard InChI is InChI=1S/C14H10O4/c1-8(15)18-13-10-5-3-2-4-9(10)12(16)14-11(13)6-7-17-14/h2-7,16H,1H3. The van der Waals surface area contributed by atoms with E-state index in [2.05, 4.69) is 0 Å². The second kappa shape index (κ2) is 3.77. The summed E-state index contributed by atoms with van der Waals surface area (Å²) in [7, 11) is 0. The third-order valence-corrected chi connectivity index (χ3v) is 2.80. The van der Waals surface area contributed by atoms with Gasteiger partial charge in [0.1, 0.15) is 5.75 Å². The summed E-state index contributed by atoms with van der Waals surface area (Å²) in [5, 5.41) is 12.0. The lowest BCUT2D eigenvalue weighted by Crippen LogP contribution is -2.02. The second-order valence-electron chi connectivity index (χ2n) is 3.98. The molecule has 90 valence electrons. The number of benzene rings is 2. The Morgan fingerprint density at radius 1 is 1.17 bits per heavy atom. The number of hydrogen-bond acceptors (Lipinski definition) is 4. The van der Waals surface area contributed by atoms with E-state index in [0.29, 0.717) is 27.5 Å². The third kappa shape index (κ3) is 1.43. The SMILES string of the molecule is CC(=O)Oc1c2ccccc2c(O)c2occc12. The van der Waals surface area contributed by atoms with Crippen molar-refractivity contribution in [3.63, 3.8) is 0 Å². The molecule has 0 unspecified atom stereocenters. The van der Waals surface area contributed by atoms with Crippen LogP contribution in [0.1, 0.15) is 6.92 Å². The predicted molar refractivity (Wildman–Crippen MR) is 66.7 cm³/mol. The smallest absolute Gasteiger partial charge is 0.308 e. The molecule has 1 aromatic heterocycles. The molecule has 0 bridgehead atoms. The number of rotatable bonds is 1. The first-order valence-corrected chi connectivity index (χ1v) is 5.48. The first-order chi connectivity index (χ1) is 8.68. The van der Waals surface area contributed by atoms with Crippen molar-refractivity contribution in [1.29, 1.82) is 0 Å². The summed E-state index contributed by atoms with van der Waals surface area (Å²) in [5.74, 6) is 0.0643. The zero-order valence-corrected chi connectivity index (χ0v) is 9.64. The Hall–Kier alpha value is -2.49. The summed E-state index contributed by atoms with van der Waals surface area (Å²) < 4.78 is 10.5. The zero-order chi connectivity index (χ0) is 12.7. The number of carbonyl (C=O) groups is 1. The van der Waals surface area contributed by atoms with Crippen LogP contribution in [-0.2, 0) is 4.79 Å². The monoisotopic (exact) mass is 242 g/mol. The predicted octanol–water partition coefficient (Wildman–Crippen LogP) is 3.22. The second-order valence-corrected chi connectivity index (χ2v) is 3.98. The molecule has 3 rings (SSSR count). The number of esters is 1. The van der Waals surface area contributed by atoms with E-state index in [0.717, 1.165) is 0 Å². The highest BCUT2D eigenvalue weighted by Gasteiger charge is 2.17. The van der Waals surface area contributed by atoms with Gasteiger partial charge in [0, 0.05) is 17.7 Å². The minimum Gasteiger partial charge on any atom is -0.504 e. The van der Waals surface area contributed by atoms with Gasteiger partial charge < -0.3 is 14.3 Å². The van der Waals surface area contributed by atoms with Crippen LogP contribution in [0.3, 0.4) is 0 Å². The van der Waals surface area contributed by atoms with Crippen molar-refractivity contribution in [3.05, 3.63) is 36.6 Å². The van der Waals surface area contributed by atoms with Crippen molar-refractivity contribution in [1.82, 2.24) is 0 Å². The molecule has 0 radical (unpaired) electrons. The molecule has 0 amide bonds. The fraction of sp³-hybridized carbons (Fsp3) is 0.0714. The first-order valence-electron chi connectivity index (χ1n) is 5.48. The maximum atomic E-state index is 11.2. The molecule has 0 aliphatic carbocycles. The Morgan fingerprint density at radius 2 is 1.89 bits per heavy atom. The third-order valence-electron chi connectivity index (χ3n) is 2.80. The van der Waals surface area contributed by atoms with E-state index in [4.69, 9.17) is 9.15 Å². The number of phenolic OH excluding ortho intramolecular Hbond substituents is 1. The van der Waals surface area contributed by atoms with Crippen molar-refractivity contribution < 1.29 is 19.1 Å². The van der Waals surface area contributed by atoms with Gasteiger partial charge in [-0.1, -0.05) is 24.3 Å². The molecule has 0 spiro atoms. The van der Waals surface area contributed by atoms with Gasteiger partial charge in [-0.2, -0.15) is 0 Å². The molecule has 0 fully saturated rings. The van der Waals surface area contributed by atoms with E-state index in [1.54, 1.807) is 24.3 Å². The van der Waals surface area contributed by atoms with Gasteiger partial charge in [0.05, 0.1) is 11.6 Å². The summed E-state index contributed by atoms with van der Waals surface area (Å²) in [6.07, 6.45) is 1.45. The van der Waals surface area contributed by atoms with Crippen LogP contribution in [0.2, 0.25) is 0 Å². The molecule has 0 saturated heterocycles. The Kier molecular flexibility index (Phi) is 2.23. The summed E-state index contributed by atoms with van der Waals surface area (Å²) in [6, 6.07) is 8.83. The molecular formula is C14H10O4. The van der Waals surface area contributed by atoms with E-state index in [1.807, 2.05) is 6.07 Å². The highest BCUT2D eigenvalue weighted by atomic mass is 16.5. The van der Waals surface area contributed by atoms with Crippen LogP contribution in [0.5, 0.6) is 11.5 Å². The number of furan rings is 1. The number of aromatic hydroxyl groups is 1. The highest BCUT2D eigenvalue weighted by molar-refractivity contribution is 6.09. The van der Waals surface area contributed by atoms with Crippen LogP contribution in [-0.4, -0.2) is 11.1 Å². The van der Waals surface area contributed by atoms with Crippen LogP contribution in [0, 0.1) is 0 Å². The lowest BCUT2D eigenvalue weighted by molar-refractivity contribution is -0.131. The number of carbonyl (C=O) groups excluding carboxylic acids is 1. The van der Waals surface area contributed by atoms with Crippen LogP contribution >= 0.6 is 0 Å². The van der Waals surface area contributed by atoms with Crippen molar-refractivity contribution in [2.45, 2.75) is 6.92 Å². The Morgan fingerprint density at radius 3 is 2.61 bits per heavy atom. The molecule has 18 heavy (non-hydrogen) atoms. The van der Waals surface area contributed by atoms with E-state index in [1.165, 1.54) is 13.2 Å². The number of fused-ring (bicyclic) bond motifs is 2. The van der Waals surface area contributed by atoms with Gasteiger partial charge in [-0.15, -0.1) is 0 Å². The van der Waals surface area contributed by atoms with Gasteiger partial charge >= 0.3 is 5.97 Å². The van der Waals surface area contributed by atoms with Gasteiger partial charge in [0.25, 0.3) is 0 Å². The van der Waals surface area contributed by atoms with E-state index in [9.17, 15) is 9.90 Å². The largest absolute Gasteiger partial charge is 0.504 e. The number of ether oxygens (including phenoxy) is 1. The Bertz CT molecular complexity index is 755. The average Bonchev–Trinajstić information content (AvgIpc) is 2.83. The zero-order valence-electron chi connectivity index (χ0n) is 9.64. The number of phenols is 1. The van der Waals surface area contributed by atoms with Gasteiger partial charge in [-0.05, 0) is 6.07 Å². The molecule has 1 heterocycles. The molecule has 4 nitrogen and oxygen atoms in total. The topological polar surface area (TPSA) is 59.7 Å². The van der Waals surface area contributed by atoms with Crippen LogP contribution in [0.4, 0.5) is 0 Å². The molecular weight excluding hydrogens is 232 g/mol. The number of hydrogen-bond donors (Lipinski definition) is 1. The molecule has 0 saturated carbocycles. The van der Waals surface area contributed by atoms with Crippen LogP contribution in [0.25, 0.3) is 21.7 Å². The van der Waals surface area contributed by atoms with Crippen molar-refractivity contribution in [2.75, 3.05) is 0 Å². The highest BCUT2D eigenvalue weighted by Crippen LogP contribution is 2.42. The Balaban J connectivity index is 2.50. The molecule has 2 aromatic carbocycles. The average molecular weight is 242 g/mol. The van der Waals surface area contributed by atoms with E-state index >= 15 is 0 Å². The maximum absolute atomic E-state index is 11.2. The molecule has 3 aromatic rings. The molecule has 0 aliphatic heterocycles. The minimum absolute atomic E-state index is 0.0569. The van der Waals surface area contributed by atoms with Crippen molar-refractivity contribution >= 4 is 27.7 Å². The van der Waals surface area contributed by atoms with Gasteiger partial charge in [-0.25, -0.2) is 0 Å². The van der Waals surface area contributed by atoms with Crippen molar-refractivity contribution in [2.24, 2.45) is 0 Å². The first kappa shape index (κ1) is 10.7. The summed E-state index contributed by atoms with van der Waals surface area (Å²) >= 11 is 0. The molecule has 1 N–H and O–H groups in total. The van der Waals surface area contributed by atoms with E-state index in [-0.39, 0.29) is 5.75 Å². The lowest BCUT2D eigenvalue weighted by atomic mass is 10.1. The quantitative estimate of drug-likeness (QED) is 0.525. The van der Waals surface area contributed by atoms with E-state index < -0.39 is 5.97 Å².